The molecule has 4 nitrogen and oxygen atoms in total. The lowest BCUT2D eigenvalue weighted by Gasteiger charge is -2.22. The van der Waals surface area contributed by atoms with E-state index >= 15 is 0 Å². The van der Waals surface area contributed by atoms with Crippen LogP contribution >= 0.6 is 0 Å². The van der Waals surface area contributed by atoms with E-state index < -0.39 is 44.3 Å². The van der Waals surface area contributed by atoms with Crippen LogP contribution in [-0.4, -0.2) is 19.6 Å². The van der Waals surface area contributed by atoms with Crippen LogP contribution in [0.1, 0.15) is 11.6 Å². The summed E-state index contributed by atoms with van der Waals surface area (Å²) in [4.78, 5) is 2.52. The second-order valence-corrected chi connectivity index (χ2v) is 6.20. The zero-order valence-corrected chi connectivity index (χ0v) is 12.0. The Morgan fingerprint density at radius 1 is 1.00 bits per heavy atom. The molecule has 1 aromatic heterocycles. The molecule has 1 atom stereocenters. The van der Waals surface area contributed by atoms with E-state index in [9.17, 15) is 30.4 Å². The average molecular weight is 352 g/mol. The van der Waals surface area contributed by atoms with Gasteiger partial charge in [0.05, 0.1) is 6.20 Å². The molecule has 1 unspecified atom stereocenters. The predicted octanol–water partition coefficient (Wildman–Crippen LogP) is 2.94. The van der Waals surface area contributed by atoms with Crippen LogP contribution in [-0.2, 0) is 10.0 Å². The first kappa shape index (κ1) is 17.3. The molecule has 0 aliphatic heterocycles. The fraction of sp³-hybridized carbons (Fsp3) is 0.154. The van der Waals surface area contributed by atoms with E-state index in [1.54, 1.807) is 0 Å². The van der Waals surface area contributed by atoms with E-state index in [0.29, 0.717) is 18.5 Å². The van der Waals surface area contributed by atoms with Crippen LogP contribution in [0.4, 0.5) is 22.0 Å². The largest absolute Gasteiger partial charge is 0.408 e. The van der Waals surface area contributed by atoms with E-state index in [2.05, 4.69) is 4.98 Å². The van der Waals surface area contributed by atoms with Gasteiger partial charge in [0.15, 0.2) is 0 Å². The lowest BCUT2D eigenvalue weighted by molar-refractivity contribution is -0.153. The van der Waals surface area contributed by atoms with Crippen LogP contribution < -0.4 is 4.72 Å². The van der Waals surface area contributed by atoms with Crippen molar-refractivity contribution in [2.75, 3.05) is 0 Å². The molecule has 1 N–H and O–H groups in total. The Hall–Kier alpha value is -2.07. The third-order valence-corrected chi connectivity index (χ3v) is 4.18. The van der Waals surface area contributed by atoms with Crippen LogP contribution in [0.3, 0.4) is 0 Å². The zero-order chi connectivity index (χ0) is 17.3. The second-order valence-electron chi connectivity index (χ2n) is 4.49. The van der Waals surface area contributed by atoms with Crippen molar-refractivity contribution in [2.45, 2.75) is 17.1 Å². The number of nitrogens with zero attached hydrogens (tertiary/aromatic N) is 1. The minimum Gasteiger partial charge on any atom is -0.260 e. The number of benzene rings is 1. The Balaban J connectivity index is 2.40. The molecule has 0 aliphatic carbocycles. The highest BCUT2D eigenvalue weighted by atomic mass is 32.2. The average Bonchev–Trinajstić information content (AvgIpc) is 2.45. The number of nitrogens with one attached hydrogen (secondary N) is 1. The van der Waals surface area contributed by atoms with Gasteiger partial charge in [0.25, 0.3) is 0 Å². The van der Waals surface area contributed by atoms with Crippen molar-refractivity contribution in [1.29, 1.82) is 0 Å². The van der Waals surface area contributed by atoms with Crippen LogP contribution in [0.2, 0.25) is 0 Å². The van der Waals surface area contributed by atoms with Crippen LogP contribution in [0.5, 0.6) is 0 Å². The number of rotatable bonds is 4. The standard InChI is InChI=1S/C13H9F5N2O2S/c14-9-3-1-8(2-4-9)12(13(16,17)18)20-23(21,22)11-5-10(15)6-19-7-11/h1-7,12,20H. The molecule has 0 fully saturated rings. The molecule has 0 saturated heterocycles. The maximum atomic E-state index is 13.1. The highest BCUT2D eigenvalue weighted by Crippen LogP contribution is 2.34. The van der Waals surface area contributed by atoms with Crippen LogP contribution in [0.15, 0.2) is 47.6 Å². The van der Waals surface area contributed by atoms with Crippen LogP contribution in [0.25, 0.3) is 0 Å². The summed E-state index contributed by atoms with van der Waals surface area (Å²) in [5, 5.41) is 0. The molecular weight excluding hydrogens is 343 g/mol. The number of halogens is 5. The quantitative estimate of drug-likeness (QED) is 0.861. The maximum absolute atomic E-state index is 13.1. The van der Waals surface area contributed by atoms with Gasteiger partial charge in [-0.2, -0.15) is 17.9 Å². The predicted molar refractivity (Wildman–Crippen MR) is 69.7 cm³/mol. The van der Waals surface area contributed by atoms with Crippen molar-refractivity contribution >= 4 is 10.0 Å². The summed E-state index contributed by atoms with van der Waals surface area (Å²) in [5.74, 6) is -1.79. The van der Waals surface area contributed by atoms with Gasteiger partial charge in [-0.1, -0.05) is 12.1 Å². The third-order valence-electron chi connectivity index (χ3n) is 2.79. The van der Waals surface area contributed by atoms with Gasteiger partial charge in [-0.05, 0) is 23.8 Å². The van der Waals surface area contributed by atoms with Gasteiger partial charge in [-0.3, -0.25) is 4.98 Å². The second kappa shape index (κ2) is 6.20. The van der Waals surface area contributed by atoms with Gasteiger partial charge in [0.2, 0.25) is 10.0 Å². The summed E-state index contributed by atoms with van der Waals surface area (Å²) < 4.78 is 90.6. The normalized spacial score (nSPS) is 13.8. The molecule has 1 aromatic carbocycles. The van der Waals surface area contributed by atoms with Gasteiger partial charge in [-0.25, -0.2) is 17.2 Å². The Morgan fingerprint density at radius 2 is 1.61 bits per heavy atom. The van der Waals surface area contributed by atoms with E-state index in [1.807, 2.05) is 0 Å². The first-order valence-corrected chi connectivity index (χ1v) is 7.53. The number of hydrogen-bond acceptors (Lipinski definition) is 3. The summed E-state index contributed by atoms with van der Waals surface area (Å²) in [5.41, 5.74) is -0.508. The van der Waals surface area contributed by atoms with Crippen molar-refractivity contribution in [1.82, 2.24) is 9.71 Å². The summed E-state index contributed by atoms with van der Waals surface area (Å²) >= 11 is 0. The van der Waals surface area contributed by atoms with Crippen molar-refractivity contribution in [3.05, 3.63) is 59.9 Å². The third kappa shape index (κ3) is 4.23. The molecule has 10 heteroatoms. The minimum atomic E-state index is -4.98. The highest BCUT2D eigenvalue weighted by Gasteiger charge is 2.43. The summed E-state index contributed by atoms with van der Waals surface area (Å²) in [6.07, 6.45) is -3.56. The van der Waals surface area contributed by atoms with Crippen LogP contribution in [0, 0.1) is 11.6 Å². The van der Waals surface area contributed by atoms with Gasteiger partial charge < -0.3 is 0 Å². The van der Waals surface area contributed by atoms with Crippen molar-refractivity contribution < 1.29 is 30.4 Å². The van der Waals surface area contributed by atoms with Crippen molar-refractivity contribution in [3.8, 4) is 0 Å². The molecule has 0 saturated carbocycles. The molecule has 0 radical (unpaired) electrons. The summed E-state index contributed by atoms with van der Waals surface area (Å²) in [6, 6.07) is 1.07. The molecule has 0 bridgehead atoms. The van der Waals surface area contributed by atoms with E-state index in [-0.39, 0.29) is 0 Å². The number of hydrogen-bond donors (Lipinski definition) is 1. The number of sulfonamides is 1. The van der Waals surface area contributed by atoms with Crippen molar-refractivity contribution in [3.63, 3.8) is 0 Å². The molecule has 2 aromatic rings. The number of alkyl halides is 3. The monoisotopic (exact) mass is 352 g/mol. The maximum Gasteiger partial charge on any atom is 0.408 e. The summed E-state index contributed by atoms with van der Waals surface area (Å²) in [7, 11) is -4.69. The van der Waals surface area contributed by atoms with Gasteiger partial charge >= 0.3 is 6.18 Å². The molecule has 0 amide bonds. The highest BCUT2D eigenvalue weighted by molar-refractivity contribution is 7.89. The molecule has 0 aliphatic rings. The molecule has 2 rings (SSSR count). The van der Waals surface area contributed by atoms with Crippen molar-refractivity contribution in [2.24, 2.45) is 0 Å². The first-order valence-electron chi connectivity index (χ1n) is 6.04. The zero-order valence-electron chi connectivity index (χ0n) is 11.2. The first-order chi connectivity index (χ1) is 10.6. The fourth-order valence-electron chi connectivity index (χ4n) is 1.74. The topological polar surface area (TPSA) is 59.1 Å². The Morgan fingerprint density at radius 3 is 2.13 bits per heavy atom. The SMILES string of the molecule is O=S(=O)(NC(c1ccc(F)cc1)C(F)(F)F)c1cncc(F)c1. The van der Waals surface area contributed by atoms with E-state index in [1.165, 1.54) is 4.72 Å². The van der Waals surface area contributed by atoms with Gasteiger partial charge in [0.1, 0.15) is 22.6 Å². The molecular formula is C13H9F5N2O2S. The molecule has 23 heavy (non-hydrogen) atoms. The lowest BCUT2D eigenvalue weighted by Crippen LogP contribution is -2.38. The van der Waals surface area contributed by atoms with Gasteiger partial charge in [0, 0.05) is 6.20 Å². The fourth-order valence-corrected chi connectivity index (χ4v) is 2.93. The number of aromatic nitrogens is 1. The minimum absolute atomic E-state index is 0.508. The van der Waals surface area contributed by atoms with Gasteiger partial charge in [-0.15, -0.1) is 0 Å². The Labute approximate surface area is 128 Å². The van der Waals surface area contributed by atoms with E-state index in [0.717, 1.165) is 24.3 Å². The summed E-state index contributed by atoms with van der Waals surface area (Å²) in [6.45, 7) is 0. The number of pyridine rings is 1. The molecule has 0 spiro atoms. The lowest BCUT2D eigenvalue weighted by atomic mass is 10.1. The Kier molecular flexibility index (Phi) is 4.66. The Bertz CT molecular complexity index is 791. The van der Waals surface area contributed by atoms with E-state index in [4.69, 9.17) is 0 Å². The molecule has 124 valence electrons. The molecule has 1 heterocycles. The smallest absolute Gasteiger partial charge is 0.260 e.